The van der Waals surface area contributed by atoms with Gasteiger partial charge < -0.3 is 20.3 Å². The third kappa shape index (κ3) is 6.79. The van der Waals surface area contributed by atoms with Crippen LogP contribution >= 0.6 is 24.0 Å². The van der Waals surface area contributed by atoms with Gasteiger partial charge in [0.1, 0.15) is 12.4 Å². The maximum absolute atomic E-state index is 5.19. The van der Waals surface area contributed by atoms with E-state index in [0.717, 1.165) is 63.2 Å². The lowest BCUT2D eigenvalue weighted by molar-refractivity contribution is 0.0208. The minimum atomic E-state index is 0. The summed E-state index contributed by atoms with van der Waals surface area (Å²) < 4.78 is 7.23. The molecule has 2 saturated heterocycles. The Hall–Kier alpha value is -0.980. The van der Waals surface area contributed by atoms with Crippen LogP contribution in [0.3, 0.4) is 0 Å². The second-order valence-corrected chi connectivity index (χ2v) is 9.71. The Morgan fingerprint density at radius 3 is 2.64 bits per heavy atom. The number of aromatic nitrogens is 3. The monoisotopic (exact) mass is 574 g/mol. The normalized spacial score (nSPS) is 24.1. The van der Waals surface area contributed by atoms with Crippen LogP contribution in [0.25, 0.3) is 0 Å². The number of aliphatic imine (C=N–C) groups is 1. The van der Waals surface area contributed by atoms with Crippen LogP contribution in [0.1, 0.15) is 57.1 Å². The van der Waals surface area contributed by atoms with Gasteiger partial charge in [-0.05, 0) is 72.3 Å². The van der Waals surface area contributed by atoms with E-state index in [-0.39, 0.29) is 29.5 Å². The molecule has 10 heteroatoms. The number of nitrogens with zero attached hydrogens (tertiary/aromatic N) is 6. The van der Waals surface area contributed by atoms with Crippen molar-refractivity contribution in [2.45, 2.75) is 76.6 Å². The lowest BCUT2D eigenvalue weighted by Gasteiger charge is -2.49. The molecule has 1 atom stereocenters. The van der Waals surface area contributed by atoms with Crippen LogP contribution in [-0.4, -0.2) is 95.5 Å². The van der Waals surface area contributed by atoms with E-state index in [9.17, 15) is 0 Å². The molecule has 2 N–H and O–H groups in total. The van der Waals surface area contributed by atoms with Crippen molar-refractivity contribution in [1.29, 1.82) is 0 Å². The number of fused-ring (bicyclic) bond motifs is 1. The lowest BCUT2D eigenvalue weighted by Crippen LogP contribution is -2.58. The maximum atomic E-state index is 5.19. The van der Waals surface area contributed by atoms with Gasteiger partial charge in [-0.15, -0.1) is 24.0 Å². The average Bonchev–Trinajstić information content (AvgIpc) is 3.21. The highest BCUT2D eigenvalue weighted by Crippen LogP contribution is 2.31. The number of piperidine rings is 2. The molecule has 0 saturated carbocycles. The van der Waals surface area contributed by atoms with Crippen LogP contribution < -0.4 is 10.6 Å². The first-order valence-corrected chi connectivity index (χ1v) is 12.5. The highest BCUT2D eigenvalue weighted by Gasteiger charge is 2.39. The molecule has 9 nitrogen and oxygen atoms in total. The van der Waals surface area contributed by atoms with Gasteiger partial charge in [0, 0.05) is 31.7 Å². The molecule has 0 bridgehead atoms. The Morgan fingerprint density at radius 1 is 1.18 bits per heavy atom. The topological polar surface area (TPSA) is 82.8 Å². The minimum Gasteiger partial charge on any atom is -0.377 e. The van der Waals surface area contributed by atoms with Crippen molar-refractivity contribution < 1.29 is 4.74 Å². The molecular weight excluding hydrogens is 531 g/mol. The fourth-order valence-electron chi connectivity index (χ4n) is 5.39. The molecule has 1 unspecified atom stereocenters. The average molecular weight is 575 g/mol. The third-order valence-corrected chi connectivity index (χ3v) is 7.34. The molecule has 1 aromatic rings. The summed E-state index contributed by atoms with van der Waals surface area (Å²) in [6.07, 6.45) is 8.41. The van der Waals surface area contributed by atoms with Gasteiger partial charge in [0.15, 0.2) is 11.8 Å². The maximum Gasteiger partial charge on any atom is 0.191 e. The Morgan fingerprint density at radius 2 is 1.94 bits per heavy atom. The molecule has 1 aromatic heterocycles. The molecule has 0 spiro atoms. The number of methoxy groups -OCH3 is 1. The molecule has 4 rings (SSSR count). The van der Waals surface area contributed by atoms with Crippen LogP contribution in [0, 0.1) is 0 Å². The van der Waals surface area contributed by atoms with Crippen molar-refractivity contribution in [3.8, 4) is 0 Å². The molecular formula is C23H43IN8O. The molecule has 3 aliphatic heterocycles. The summed E-state index contributed by atoms with van der Waals surface area (Å²) in [7, 11) is 3.93. The van der Waals surface area contributed by atoms with E-state index < -0.39 is 0 Å². The van der Waals surface area contributed by atoms with Gasteiger partial charge in [-0.2, -0.15) is 5.10 Å². The summed E-state index contributed by atoms with van der Waals surface area (Å²) in [6.45, 7) is 9.94. The van der Waals surface area contributed by atoms with E-state index in [1.165, 1.54) is 45.2 Å². The number of likely N-dealkylation sites (tertiary alicyclic amines) is 2. The summed E-state index contributed by atoms with van der Waals surface area (Å²) in [6, 6.07) is 0.306. The molecule has 3 aliphatic rings. The second-order valence-electron chi connectivity index (χ2n) is 9.71. The van der Waals surface area contributed by atoms with Gasteiger partial charge in [0.2, 0.25) is 0 Å². The van der Waals surface area contributed by atoms with Crippen LogP contribution in [0.15, 0.2) is 4.99 Å². The fourth-order valence-corrected chi connectivity index (χ4v) is 5.39. The number of hydrogen-bond acceptors (Lipinski definition) is 6. The molecule has 0 aliphatic carbocycles. The standard InChI is InChI=1S/C23H42N8O.HI/c1-4-24-22(26-19-8-9-21-27-20(17-32-3)28-31(21)16-19)25-18-23(10-14-29(2)15-11-23)30-12-6-5-7-13-30;/h19H,4-18H2,1-3H3,(H2,24,25,26);1H. The van der Waals surface area contributed by atoms with Gasteiger partial charge in [0.25, 0.3) is 0 Å². The number of hydrogen-bond donors (Lipinski definition) is 2. The van der Waals surface area contributed by atoms with E-state index in [1.807, 2.05) is 4.68 Å². The SMILES string of the molecule is CCNC(=NCC1(N2CCCCC2)CCN(C)CC1)NC1CCc2nc(COC)nn2C1.I. The first-order chi connectivity index (χ1) is 15.6. The van der Waals surface area contributed by atoms with E-state index in [0.29, 0.717) is 12.6 Å². The molecule has 188 valence electrons. The zero-order valence-electron chi connectivity index (χ0n) is 20.7. The number of ether oxygens (including phenoxy) is 1. The van der Waals surface area contributed by atoms with E-state index in [4.69, 9.17) is 9.73 Å². The van der Waals surface area contributed by atoms with Gasteiger partial charge in [-0.25, -0.2) is 9.67 Å². The quantitative estimate of drug-likeness (QED) is 0.292. The number of halogens is 1. The van der Waals surface area contributed by atoms with Crippen molar-refractivity contribution in [1.82, 2.24) is 35.2 Å². The number of rotatable bonds is 7. The second kappa shape index (κ2) is 12.6. The summed E-state index contributed by atoms with van der Waals surface area (Å²) >= 11 is 0. The number of aryl methyl sites for hydroxylation is 1. The Bertz CT molecular complexity index is 756. The predicted octanol–water partition coefficient (Wildman–Crippen LogP) is 1.86. The van der Waals surface area contributed by atoms with Crippen LogP contribution in [0.5, 0.6) is 0 Å². The number of nitrogens with one attached hydrogen (secondary N) is 2. The first kappa shape index (κ1) is 26.6. The fraction of sp³-hybridized carbons (Fsp3) is 0.870. The van der Waals surface area contributed by atoms with E-state index >= 15 is 0 Å². The van der Waals surface area contributed by atoms with Gasteiger partial charge in [0.05, 0.1) is 13.1 Å². The van der Waals surface area contributed by atoms with Crippen molar-refractivity contribution in [3.63, 3.8) is 0 Å². The Labute approximate surface area is 216 Å². The van der Waals surface area contributed by atoms with Crippen molar-refractivity contribution in [2.75, 3.05) is 53.4 Å². The molecule has 4 heterocycles. The summed E-state index contributed by atoms with van der Waals surface area (Å²) in [5.41, 5.74) is 0.204. The predicted molar refractivity (Wildman–Crippen MR) is 142 cm³/mol. The molecule has 2 fully saturated rings. The smallest absolute Gasteiger partial charge is 0.191 e. The van der Waals surface area contributed by atoms with E-state index in [2.05, 4.69) is 44.5 Å². The van der Waals surface area contributed by atoms with E-state index in [1.54, 1.807) is 7.11 Å². The molecule has 0 radical (unpaired) electrons. The van der Waals surface area contributed by atoms with Crippen molar-refractivity contribution >= 4 is 29.9 Å². The largest absolute Gasteiger partial charge is 0.377 e. The van der Waals surface area contributed by atoms with Crippen LogP contribution in [0.4, 0.5) is 0 Å². The first-order valence-electron chi connectivity index (χ1n) is 12.5. The zero-order chi connectivity index (χ0) is 22.4. The summed E-state index contributed by atoms with van der Waals surface area (Å²) in [5.74, 6) is 2.77. The molecule has 0 aromatic carbocycles. The van der Waals surface area contributed by atoms with Crippen LogP contribution in [-0.2, 0) is 24.3 Å². The van der Waals surface area contributed by atoms with Crippen LogP contribution in [0.2, 0.25) is 0 Å². The Kier molecular flexibility index (Phi) is 10.2. The summed E-state index contributed by atoms with van der Waals surface area (Å²) in [5, 5.41) is 11.8. The van der Waals surface area contributed by atoms with Crippen molar-refractivity contribution in [2.24, 2.45) is 4.99 Å². The minimum absolute atomic E-state index is 0. The number of guanidine groups is 1. The van der Waals surface area contributed by atoms with Gasteiger partial charge >= 0.3 is 0 Å². The van der Waals surface area contributed by atoms with Gasteiger partial charge in [-0.3, -0.25) is 9.89 Å². The summed E-state index contributed by atoms with van der Waals surface area (Å²) in [4.78, 5) is 15.0. The lowest BCUT2D eigenvalue weighted by atomic mass is 9.84. The molecule has 33 heavy (non-hydrogen) atoms. The highest BCUT2D eigenvalue weighted by molar-refractivity contribution is 14.0. The Balaban J connectivity index is 0.00000306. The van der Waals surface area contributed by atoms with Crippen molar-refractivity contribution in [3.05, 3.63) is 11.6 Å². The molecule has 0 amide bonds. The highest BCUT2D eigenvalue weighted by atomic mass is 127. The van der Waals surface area contributed by atoms with Gasteiger partial charge in [-0.1, -0.05) is 6.42 Å². The zero-order valence-corrected chi connectivity index (χ0v) is 23.0. The third-order valence-electron chi connectivity index (χ3n) is 7.34.